The van der Waals surface area contributed by atoms with Crippen LogP contribution in [0.2, 0.25) is 0 Å². The molecule has 1 amide bonds. The lowest BCUT2D eigenvalue weighted by molar-refractivity contribution is 0.102. The van der Waals surface area contributed by atoms with Crippen molar-refractivity contribution in [3.8, 4) is 23.0 Å². The van der Waals surface area contributed by atoms with Gasteiger partial charge in [-0.25, -0.2) is 0 Å². The average molecular weight is 498 g/mol. The number of benzene rings is 3. The van der Waals surface area contributed by atoms with Crippen molar-refractivity contribution in [1.82, 2.24) is 0 Å². The molecule has 32 heavy (non-hydrogen) atoms. The Morgan fingerprint density at radius 2 is 1.75 bits per heavy atom. The molecule has 1 unspecified atom stereocenters. The van der Waals surface area contributed by atoms with Crippen LogP contribution in [0.15, 0.2) is 59.1 Å². The standard InChI is InChI=1S/C25H24BrNO5/c1-29-22-14-21-19(23(30-2)24(22)31-3)11-12-20(32-21)16-5-4-6-18(13-16)27-25(28)15-7-9-17(26)10-8-15/h4-10,13-14,20H,11-12H2,1-3H3,(H,27,28). The van der Waals surface area contributed by atoms with E-state index in [1.165, 1.54) is 0 Å². The number of fused-ring (bicyclic) bond motifs is 1. The van der Waals surface area contributed by atoms with E-state index >= 15 is 0 Å². The average Bonchev–Trinajstić information content (AvgIpc) is 2.82. The van der Waals surface area contributed by atoms with Crippen molar-refractivity contribution in [2.75, 3.05) is 26.6 Å². The number of carbonyl (C=O) groups excluding carboxylic acids is 1. The van der Waals surface area contributed by atoms with Crippen molar-refractivity contribution in [2.24, 2.45) is 0 Å². The van der Waals surface area contributed by atoms with Gasteiger partial charge in [-0.3, -0.25) is 4.79 Å². The maximum absolute atomic E-state index is 12.6. The molecule has 1 atom stereocenters. The third-order valence-corrected chi connectivity index (χ3v) is 5.97. The molecule has 6 nitrogen and oxygen atoms in total. The lowest BCUT2D eigenvalue weighted by atomic mass is 9.96. The van der Waals surface area contributed by atoms with E-state index < -0.39 is 0 Å². The fourth-order valence-corrected chi connectivity index (χ4v) is 4.14. The lowest BCUT2D eigenvalue weighted by Crippen LogP contribution is -2.17. The van der Waals surface area contributed by atoms with Gasteiger partial charge in [0.15, 0.2) is 11.5 Å². The lowest BCUT2D eigenvalue weighted by Gasteiger charge is -2.29. The number of nitrogens with one attached hydrogen (secondary N) is 1. The summed E-state index contributed by atoms with van der Waals surface area (Å²) in [5, 5.41) is 2.96. The minimum atomic E-state index is -0.161. The molecule has 166 valence electrons. The van der Waals surface area contributed by atoms with Gasteiger partial charge in [-0.2, -0.15) is 0 Å². The monoisotopic (exact) mass is 497 g/mol. The molecule has 1 heterocycles. The number of ether oxygens (including phenoxy) is 4. The van der Waals surface area contributed by atoms with Gasteiger partial charge in [0.1, 0.15) is 11.9 Å². The number of methoxy groups -OCH3 is 3. The third kappa shape index (κ3) is 4.39. The summed E-state index contributed by atoms with van der Waals surface area (Å²) in [7, 11) is 4.79. The first-order chi connectivity index (χ1) is 15.5. The number of rotatable bonds is 6. The molecule has 1 N–H and O–H groups in total. The fraction of sp³-hybridized carbons (Fsp3) is 0.240. The molecule has 0 bridgehead atoms. The summed E-state index contributed by atoms with van der Waals surface area (Å²) in [6.07, 6.45) is 1.37. The van der Waals surface area contributed by atoms with Gasteiger partial charge in [0.05, 0.1) is 21.3 Å². The molecular formula is C25H24BrNO5. The Hall–Kier alpha value is -3.19. The SMILES string of the molecule is COc1cc2c(c(OC)c1OC)CCC(c1cccc(NC(=O)c3ccc(Br)cc3)c1)O2. The van der Waals surface area contributed by atoms with E-state index in [-0.39, 0.29) is 12.0 Å². The van der Waals surface area contributed by atoms with Crippen LogP contribution >= 0.6 is 15.9 Å². The molecule has 0 radical (unpaired) electrons. The first kappa shape index (κ1) is 22.0. The molecule has 0 saturated carbocycles. The predicted molar refractivity (Wildman–Crippen MR) is 126 cm³/mol. The molecule has 0 aliphatic carbocycles. The van der Waals surface area contributed by atoms with Gasteiger partial charge in [0.25, 0.3) is 5.91 Å². The normalized spacial score (nSPS) is 14.7. The number of anilines is 1. The Kier molecular flexibility index (Phi) is 6.55. The van der Waals surface area contributed by atoms with Crippen molar-refractivity contribution in [1.29, 1.82) is 0 Å². The second-order valence-corrected chi connectivity index (χ2v) is 8.27. The quantitative estimate of drug-likeness (QED) is 0.466. The number of halogens is 1. The van der Waals surface area contributed by atoms with E-state index in [2.05, 4.69) is 21.2 Å². The predicted octanol–water partition coefficient (Wildman–Crippen LogP) is 5.79. The van der Waals surface area contributed by atoms with E-state index in [0.29, 0.717) is 28.6 Å². The summed E-state index contributed by atoms with van der Waals surface area (Å²) in [5.74, 6) is 2.30. The maximum Gasteiger partial charge on any atom is 0.255 e. The highest BCUT2D eigenvalue weighted by Crippen LogP contribution is 2.49. The molecule has 0 aromatic heterocycles. The molecule has 3 aromatic carbocycles. The van der Waals surface area contributed by atoms with E-state index in [9.17, 15) is 4.79 Å². The second-order valence-electron chi connectivity index (χ2n) is 7.35. The van der Waals surface area contributed by atoms with Gasteiger partial charge in [0, 0.05) is 27.4 Å². The summed E-state index contributed by atoms with van der Waals surface area (Å²) in [6.45, 7) is 0. The molecule has 0 saturated heterocycles. The van der Waals surface area contributed by atoms with Crippen LogP contribution in [0, 0.1) is 0 Å². The van der Waals surface area contributed by atoms with Crippen molar-refractivity contribution in [3.05, 3.63) is 75.8 Å². The van der Waals surface area contributed by atoms with Crippen LogP contribution in [0.5, 0.6) is 23.0 Å². The molecule has 1 aliphatic heterocycles. The van der Waals surface area contributed by atoms with Gasteiger partial charge in [0.2, 0.25) is 5.75 Å². The molecule has 0 spiro atoms. The highest BCUT2D eigenvalue weighted by molar-refractivity contribution is 9.10. The number of amides is 1. The van der Waals surface area contributed by atoms with Crippen LogP contribution in [0.25, 0.3) is 0 Å². The zero-order valence-electron chi connectivity index (χ0n) is 18.1. The molecule has 4 rings (SSSR count). The third-order valence-electron chi connectivity index (χ3n) is 5.44. The largest absolute Gasteiger partial charge is 0.493 e. The van der Waals surface area contributed by atoms with Crippen LogP contribution < -0.4 is 24.3 Å². The number of hydrogen-bond acceptors (Lipinski definition) is 5. The number of carbonyl (C=O) groups is 1. The maximum atomic E-state index is 12.6. The van der Waals surface area contributed by atoms with Gasteiger partial charge in [-0.1, -0.05) is 28.1 Å². The van der Waals surface area contributed by atoms with E-state index in [0.717, 1.165) is 34.1 Å². The van der Waals surface area contributed by atoms with Crippen LogP contribution in [0.4, 0.5) is 5.69 Å². The Morgan fingerprint density at radius 3 is 2.44 bits per heavy atom. The Balaban J connectivity index is 1.56. The Morgan fingerprint density at radius 1 is 1.00 bits per heavy atom. The van der Waals surface area contributed by atoms with E-state index in [4.69, 9.17) is 18.9 Å². The van der Waals surface area contributed by atoms with Crippen molar-refractivity contribution in [3.63, 3.8) is 0 Å². The minimum absolute atomic E-state index is 0.158. The molecule has 3 aromatic rings. The minimum Gasteiger partial charge on any atom is -0.493 e. The zero-order chi connectivity index (χ0) is 22.7. The molecule has 7 heteroatoms. The van der Waals surface area contributed by atoms with Gasteiger partial charge in [-0.05, 0) is 54.8 Å². The van der Waals surface area contributed by atoms with Crippen LogP contribution in [-0.2, 0) is 6.42 Å². The first-order valence-electron chi connectivity index (χ1n) is 10.2. The Bertz CT molecular complexity index is 1130. The fourth-order valence-electron chi connectivity index (χ4n) is 3.88. The van der Waals surface area contributed by atoms with Crippen molar-refractivity contribution < 1.29 is 23.7 Å². The van der Waals surface area contributed by atoms with Crippen molar-refractivity contribution in [2.45, 2.75) is 18.9 Å². The summed E-state index contributed by atoms with van der Waals surface area (Å²) >= 11 is 3.38. The summed E-state index contributed by atoms with van der Waals surface area (Å²) < 4.78 is 23.8. The summed E-state index contributed by atoms with van der Waals surface area (Å²) in [6, 6.07) is 16.8. The second kappa shape index (κ2) is 9.53. The summed E-state index contributed by atoms with van der Waals surface area (Å²) in [5.41, 5.74) is 3.25. The highest BCUT2D eigenvalue weighted by Gasteiger charge is 2.28. The van der Waals surface area contributed by atoms with E-state index in [1.54, 1.807) is 33.5 Å². The zero-order valence-corrected chi connectivity index (χ0v) is 19.7. The molecular weight excluding hydrogens is 474 g/mol. The highest BCUT2D eigenvalue weighted by atomic mass is 79.9. The van der Waals surface area contributed by atoms with Crippen LogP contribution in [0.1, 0.15) is 34.0 Å². The summed E-state index contributed by atoms with van der Waals surface area (Å²) in [4.78, 5) is 12.6. The molecule has 1 aliphatic rings. The van der Waals surface area contributed by atoms with Gasteiger partial charge in [-0.15, -0.1) is 0 Å². The Labute approximate surface area is 195 Å². The van der Waals surface area contributed by atoms with Crippen molar-refractivity contribution >= 4 is 27.5 Å². The van der Waals surface area contributed by atoms with Gasteiger partial charge < -0.3 is 24.3 Å². The first-order valence-corrected chi connectivity index (χ1v) is 11.0. The van der Waals surface area contributed by atoms with E-state index in [1.807, 2.05) is 42.5 Å². The number of hydrogen-bond donors (Lipinski definition) is 1. The van der Waals surface area contributed by atoms with Crippen LogP contribution in [-0.4, -0.2) is 27.2 Å². The van der Waals surface area contributed by atoms with Gasteiger partial charge >= 0.3 is 0 Å². The smallest absolute Gasteiger partial charge is 0.255 e. The molecule has 0 fully saturated rings. The topological polar surface area (TPSA) is 66.0 Å². The van der Waals surface area contributed by atoms with Crippen LogP contribution in [0.3, 0.4) is 0 Å².